The summed E-state index contributed by atoms with van der Waals surface area (Å²) in [6.07, 6.45) is 1.78. The highest BCUT2D eigenvalue weighted by Gasteiger charge is 2.18. The Morgan fingerprint density at radius 2 is 1.74 bits per heavy atom. The number of ether oxygens (including phenoxy) is 2. The van der Waals surface area contributed by atoms with Crippen molar-refractivity contribution in [3.8, 4) is 16.9 Å². The van der Waals surface area contributed by atoms with E-state index in [4.69, 9.17) is 9.47 Å². The molecule has 0 N–H and O–H groups in total. The normalized spacial score (nSPS) is 11.0. The van der Waals surface area contributed by atoms with E-state index in [2.05, 4.69) is 6.58 Å². The molecule has 0 radical (unpaired) electrons. The molecule has 2 aromatic rings. The summed E-state index contributed by atoms with van der Waals surface area (Å²) in [5.74, 6) is 0.449. The minimum Gasteiger partial charge on any atom is -0.496 e. The zero-order chi connectivity index (χ0) is 17.0. The Morgan fingerprint density at radius 3 is 2.26 bits per heavy atom. The standard InChI is InChI=1S/C20H22O3/c1-6-14-7-12-17(18(13-14)22-5)15-8-10-16(11-9-15)19(21)23-20(2,3)4/h6-13H,1H2,2-5H3. The molecule has 0 spiro atoms. The molecule has 0 aliphatic carbocycles. The Morgan fingerprint density at radius 1 is 1.09 bits per heavy atom. The van der Waals surface area contributed by atoms with Gasteiger partial charge >= 0.3 is 5.97 Å². The highest BCUT2D eigenvalue weighted by molar-refractivity contribution is 5.90. The first-order valence-corrected chi connectivity index (χ1v) is 7.48. The van der Waals surface area contributed by atoms with Gasteiger partial charge in [0.1, 0.15) is 11.4 Å². The van der Waals surface area contributed by atoms with Crippen LogP contribution in [0, 0.1) is 0 Å². The summed E-state index contributed by atoms with van der Waals surface area (Å²) in [5.41, 5.74) is 2.97. The fraction of sp³-hybridized carbons (Fsp3) is 0.250. The van der Waals surface area contributed by atoms with Gasteiger partial charge < -0.3 is 9.47 Å². The van der Waals surface area contributed by atoms with Gasteiger partial charge in [0.2, 0.25) is 0 Å². The number of benzene rings is 2. The summed E-state index contributed by atoms with van der Waals surface area (Å²) in [4.78, 5) is 12.1. The van der Waals surface area contributed by atoms with Crippen LogP contribution in [0.5, 0.6) is 5.75 Å². The Balaban J connectivity index is 2.29. The molecule has 0 unspecified atom stereocenters. The van der Waals surface area contributed by atoms with Gasteiger partial charge in [-0.05, 0) is 50.1 Å². The van der Waals surface area contributed by atoms with Crippen molar-refractivity contribution < 1.29 is 14.3 Å². The van der Waals surface area contributed by atoms with Gasteiger partial charge in [0.25, 0.3) is 0 Å². The van der Waals surface area contributed by atoms with Crippen LogP contribution in [-0.2, 0) is 4.74 Å². The summed E-state index contributed by atoms with van der Waals surface area (Å²) < 4.78 is 10.8. The molecule has 0 atom stereocenters. The Kier molecular flexibility index (Phi) is 4.89. The van der Waals surface area contributed by atoms with Gasteiger partial charge in [0, 0.05) is 5.56 Å². The molecule has 0 fully saturated rings. The van der Waals surface area contributed by atoms with Crippen LogP contribution in [0.1, 0.15) is 36.7 Å². The van der Waals surface area contributed by atoms with Gasteiger partial charge in [-0.2, -0.15) is 0 Å². The Bertz CT molecular complexity index is 707. The minimum atomic E-state index is -0.501. The fourth-order valence-corrected chi connectivity index (χ4v) is 2.20. The van der Waals surface area contributed by atoms with Gasteiger partial charge in [-0.3, -0.25) is 0 Å². The second kappa shape index (κ2) is 6.69. The largest absolute Gasteiger partial charge is 0.496 e. The quantitative estimate of drug-likeness (QED) is 0.749. The highest BCUT2D eigenvalue weighted by atomic mass is 16.6. The first kappa shape index (κ1) is 16.8. The van der Waals surface area contributed by atoms with E-state index in [9.17, 15) is 4.79 Å². The fourth-order valence-electron chi connectivity index (χ4n) is 2.20. The van der Waals surface area contributed by atoms with Crippen LogP contribution in [0.2, 0.25) is 0 Å². The van der Waals surface area contributed by atoms with E-state index >= 15 is 0 Å². The Hall–Kier alpha value is -2.55. The second-order valence-electron chi connectivity index (χ2n) is 6.24. The molecule has 0 amide bonds. The number of rotatable bonds is 4. The van der Waals surface area contributed by atoms with Crippen molar-refractivity contribution in [3.05, 3.63) is 60.2 Å². The van der Waals surface area contributed by atoms with Crippen LogP contribution < -0.4 is 4.74 Å². The van der Waals surface area contributed by atoms with Gasteiger partial charge in [-0.1, -0.05) is 36.9 Å². The van der Waals surface area contributed by atoms with Gasteiger partial charge in [-0.15, -0.1) is 0 Å². The molecule has 0 aliphatic rings. The van der Waals surface area contributed by atoms with Gasteiger partial charge in [0.15, 0.2) is 0 Å². The molecule has 3 heteroatoms. The van der Waals surface area contributed by atoms with Gasteiger partial charge in [-0.25, -0.2) is 4.79 Å². The SMILES string of the molecule is C=Cc1ccc(-c2ccc(C(=O)OC(C)(C)C)cc2)c(OC)c1. The molecule has 3 nitrogen and oxygen atoms in total. The van der Waals surface area contributed by atoms with Crippen molar-refractivity contribution in [2.75, 3.05) is 7.11 Å². The molecule has 0 bridgehead atoms. The highest BCUT2D eigenvalue weighted by Crippen LogP contribution is 2.31. The maximum absolute atomic E-state index is 12.1. The molecule has 0 aromatic heterocycles. The van der Waals surface area contributed by atoms with Crippen LogP contribution in [0.25, 0.3) is 17.2 Å². The third-order valence-corrected chi connectivity index (χ3v) is 3.29. The number of methoxy groups -OCH3 is 1. The molecule has 0 aliphatic heterocycles. The van der Waals surface area contributed by atoms with E-state index in [1.54, 1.807) is 25.3 Å². The molecular weight excluding hydrogens is 288 g/mol. The monoisotopic (exact) mass is 310 g/mol. The first-order valence-electron chi connectivity index (χ1n) is 7.48. The van der Waals surface area contributed by atoms with E-state index in [-0.39, 0.29) is 5.97 Å². The molecule has 0 saturated heterocycles. The zero-order valence-corrected chi connectivity index (χ0v) is 14.1. The lowest BCUT2D eigenvalue weighted by atomic mass is 10.0. The van der Waals surface area contributed by atoms with E-state index in [1.165, 1.54) is 0 Å². The number of hydrogen-bond acceptors (Lipinski definition) is 3. The van der Waals surface area contributed by atoms with E-state index in [0.29, 0.717) is 5.56 Å². The van der Waals surface area contributed by atoms with Crippen LogP contribution in [0.3, 0.4) is 0 Å². The number of carbonyl (C=O) groups is 1. The second-order valence-corrected chi connectivity index (χ2v) is 6.24. The molecule has 120 valence electrons. The maximum Gasteiger partial charge on any atom is 0.338 e. The van der Waals surface area contributed by atoms with E-state index in [1.807, 2.05) is 51.1 Å². The topological polar surface area (TPSA) is 35.5 Å². The summed E-state index contributed by atoms with van der Waals surface area (Å²) in [6.45, 7) is 9.32. The molecule has 23 heavy (non-hydrogen) atoms. The number of carbonyl (C=O) groups excluding carboxylic acids is 1. The van der Waals surface area contributed by atoms with Crippen LogP contribution in [0.15, 0.2) is 49.0 Å². The molecule has 0 heterocycles. The average Bonchev–Trinajstić information content (AvgIpc) is 2.52. The predicted molar refractivity (Wildman–Crippen MR) is 93.7 cm³/mol. The van der Waals surface area contributed by atoms with Crippen molar-refractivity contribution in [2.24, 2.45) is 0 Å². The average molecular weight is 310 g/mol. The van der Waals surface area contributed by atoms with E-state index in [0.717, 1.165) is 22.4 Å². The third-order valence-electron chi connectivity index (χ3n) is 3.29. The predicted octanol–water partition coefficient (Wildman–Crippen LogP) is 4.96. The molecule has 2 aromatic carbocycles. The molecule has 2 rings (SSSR count). The smallest absolute Gasteiger partial charge is 0.338 e. The summed E-state index contributed by atoms with van der Waals surface area (Å²) in [5, 5.41) is 0. The van der Waals surface area contributed by atoms with Crippen LogP contribution in [0.4, 0.5) is 0 Å². The van der Waals surface area contributed by atoms with E-state index < -0.39 is 5.60 Å². The maximum atomic E-state index is 12.1. The lowest BCUT2D eigenvalue weighted by Gasteiger charge is -2.19. The molecular formula is C20H22O3. The first-order chi connectivity index (χ1) is 10.8. The van der Waals surface area contributed by atoms with Crippen LogP contribution in [-0.4, -0.2) is 18.7 Å². The van der Waals surface area contributed by atoms with Crippen LogP contribution >= 0.6 is 0 Å². The number of esters is 1. The Labute approximate surface area is 137 Å². The minimum absolute atomic E-state index is 0.321. The number of hydrogen-bond donors (Lipinski definition) is 0. The lowest BCUT2D eigenvalue weighted by molar-refractivity contribution is 0.00696. The summed E-state index contributed by atoms with van der Waals surface area (Å²) in [7, 11) is 1.64. The van der Waals surface area contributed by atoms with Crippen molar-refractivity contribution in [2.45, 2.75) is 26.4 Å². The molecule has 0 saturated carbocycles. The van der Waals surface area contributed by atoms with Crippen molar-refractivity contribution in [1.29, 1.82) is 0 Å². The van der Waals surface area contributed by atoms with Gasteiger partial charge in [0.05, 0.1) is 12.7 Å². The van der Waals surface area contributed by atoms with Crippen molar-refractivity contribution >= 4 is 12.0 Å². The third kappa shape index (κ3) is 4.22. The summed E-state index contributed by atoms with van der Waals surface area (Å²) >= 11 is 0. The van der Waals surface area contributed by atoms with Crippen molar-refractivity contribution in [1.82, 2.24) is 0 Å². The lowest BCUT2D eigenvalue weighted by Crippen LogP contribution is -2.23. The van der Waals surface area contributed by atoms with Crippen molar-refractivity contribution in [3.63, 3.8) is 0 Å². The summed E-state index contributed by atoms with van der Waals surface area (Å²) in [6, 6.07) is 13.2. The zero-order valence-electron chi connectivity index (χ0n) is 14.1.